The van der Waals surface area contributed by atoms with E-state index >= 15 is 0 Å². The first-order valence-corrected chi connectivity index (χ1v) is 11.5. The van der Waals surface area contributed by atoms with Crippen LogP contribution in [0.2, 0.25) is 0 Å². The number of hydrogen-bond acceptors (Lipinski definition) is 9. The first-order valence-electron chi connectivity index (χ1n) is 10.5. The number of Topliss-reactive ketones (excluding diaryl/α,β-unsaturated/α-hetero) is 1. The van der Waals surface area contributed by atoms with Crippen LogP contribution < -0.4 is 20.8 Å². The smallest absolute Gasteiger partial charge is 0.438 e. The van der Waals surface area contributed by atoms with Gasteiger partial charge in [-0.2, -0.15) is 10.5 Å². The Balaban J connectivity index is 1.69. The number of anilines is 1. The lowest BCUT2D eigenvalue weighted by Gasteiger charge is -2.12. The van der Waals surface area contributed by atoms with Crippen LogP contribution in [0.25, 0.3) is 16.8 Å². The van der Waals surface area contributed by atoms with Crippen LogP contribution in [0, 0.1) is 29.6 Å². The van der Waals surface area contributed by atoms with Gasteiger partial charge in [-0.3, -0.25) is 9.32 Å². The fourth-order valence-electron chi connectivity index (χ4n) is 3.54. The Hall–Kier alpha value is -4.87. The number of nitriles is 2. The van der Waals surface area contributed by atoms with Crippen LogP contribution in [0.1, 0.15) is 27.2 Å². The number of aryl methyl sites for hydroxylation is 1. The summed E-state index contributed by atoms with van der Waals surface area (Å²) in [5, 5.41) is 22.2. The number of carbonyl (C=O) groups is 1. The van der Waals surface area contributed by atoms with Crippen molar-refractivity contribution in [1.82, 2.24) is 10.3 Å². The molecule has 11 heteroatoms. The number of benzene rings is 2. The number of hydrogen-bond donors (Lipinski definition) is 2. The molecule has 4 aromatic rings. The minimum atomic E-state index is -0.843. The third kappa shape index (κ3) is 4.56. The first kappa shape index (κ1) is 24.3. The molecule has 36 heavy (non-hydrogen) atoms. The highest BCUT2D eigenvalue weighted by Crippen LogP contribution is 2.35. The van der Waals surface area contributed by atoms with Gasteiger partial charge in [0.2, 0.25) is 11.5 Å². The second kappa shape index (κ2) is 10.2. The number of carbonyl (C=O) groups excluding carboxylic acids is 1. The molecule has 2 aromatic carbocycles. The van der Waals surface area contributed by atoms with Gasteiger partial charge in [0.15, 0.2) is 0 Å². The molecular formula is C25H19N6O4S+. The van der Waals surface area contributed by atoms with Gasteiger partial charge in [-0.05, 0) is 34.6 Å². The molecule has 0 saturated heterocycles. The lowest BCUT2D eigenvalue weighted by Crippen LogP contribution is -2.41. The fraction of sp³-hybridized carbons (Fsp3) is 0.120. The number of pyridine rings is 1. The summed E-state index contributed by atoms with van der Waals surface area (Å²) in [6, 6.07) is 18.0. The van der Waals surface area contributed by atoms with Crippen molar-refractivity contribution in [3.63, 3.8) is 0 Å². The lowest BCUT2D eigenvalue weighted by atomic mass is 9.96. The van der Waals surface area contributed by atoms with E-state index in [2.05, 4.69) is 16.3 Å². The number of nitrogens with one attached hydrogen (secondary N) is 1. The largest absolute Gasteiger partial charge is 0.497 e. The average molecular weight is 500 g/mol. The van der Waals surface area contributed by atoms with Crippen LogP contribution in [-0.4, -0.2) is 28.9 Å². The molecule has 2 heterocycles. The van der Waals surface area contributed by atoms with Gasteiger partial charge >= 0.3 is 11.3 Å². The maximum atomic E-state index is 13.1. The van der Waals surface area contributed by atoms with E-state index in [-0.39, 0.29) is 33.4 Å². The zero-order valence-electron chi connectivity index (χ0n) is 19.2. The van der Waals surface area contributed by atoms with Crippen LogP contribution in [0.3, 0.4) is 0 Å². The summed E-state index contributed by atoms with van der Waals surface area (Å²) in [7, 11) is 1.53. The maximum absolute atomic E-state index is 13.1. The van der Waals surface area contributed by atoms with Crippen molar-refractivity contribution in [2.45, 2.75) is 11.9 Å². The van der Waals surface area contributed by atoms with Crippen LogP contribution in [-0.2, 0) is 0 Å². The fourth-order valence-corrected chi connectivity index (χ4v) is 4.40. The summed E-state index contributed by atoms with van der Waals surface area (Å²) in [4.78, 5) is 29.6. The van der Waals surface area contributed by atoms with Crippen molar-refractivity contribution in [3.8, 4) is 34.7 Å². The second-order valence-electron chi connectivity index (χ2n) is 7.59. The summed E-state index contributed by atoms with van der Waals surface area (Å²) >= 11 is 0.942. The average Bonchev–Trinajstić information content (AvgIpc) is 3.28. The predicted molar refractivity (Wildman–Crippen MR) is 131 cm³/mol. The molecule has 0 fully saturated rings. The molecule has 0 aliphatic carbocycles. The summed E-state index contributed by atoms with van der Waals surface area (Å²) < 4.78 is 11.2. The van der Waals surface area contributed by atoms with Gasteiger partial charge in [0, 0.05) is 17.7 Å². The van der Waals surface area contributed by atoms with E-state index in [1.54, 1.807) is 36.4 Å². The molecule has 2 aromatic heterocycles. The molecule has 3 N–H and O–H groups in total. The first-order chi connectivity index (χ1) is 17.4. The van der Waals surface area contributed by atoms with Gasteiger partial charge < -0.3 is 10.5 Å². The highest BCUT2D eigenvalue weighted by Gasteiger charge is 2.31. The lowest BCUT2D eigenvalue weighted by molar-refractivity contribution is -0.672. The van der Waals surface area contributed by atoms with E-state index < -0.39 is 11.4 Å². The topological polar surface area (TPSA) is 163 Å². The van der Waals surface area contributed by atoms with Gasteiger partial charge in [-0.25, -0.2) is 9.78 Å². The van der Waals surface area contributed by atoms with Crippen molar-refractivity contribution in [2.24, 2.45) is 0 Å². The van der Waals surface area contributed by atoms with Crippen molar-refractivity contribution < 1.29 is 18.7 Å². The van der Waals surface area contributed by atoms with E-state index in [1.165, 1.54) is 11.8 Å². The number of nitrogen functional groups attached to an aromatic ring is 1. The molecule has 0 aliphatic rings. The number of thioether (sulfide) groups is 1. The summed E-state index contributed by atoms with van der Waals surface area (Å²) in [6.07, 6.45) is 0. The zero-order chi connectivity index (χ0) is 25.8. The molecule has 0 atom stereocenters. The molecule has 0 radical (unpaired) electrons. The van der Waals surface area contributed by atoms with Gasteiger partial charge in [0.1, 0.15) is 34.3 Å². The van der Waals surface area contributed by atoms with Gasteiger partial charge in [0.05, 0.1) is 18.4 Å². The number of ketones is 1. The monoisotopic (exact) mass is 499 g/mol. The Bertz CT molecular complexity index is 1590. The second-order valence-corrected chi connectivity index (χ2v) is 8.56. The SMILES string of the molecule is COc1ccc(-[n+]2[nH]oc(=O)c2C(=O)CSc2nc(N)c(C#N)c(-c3ccc(C)cc3)c2C#N)cc1. The predicted octanol–water partition coefficient (Wildman–Crippen LogP) is 2.92. The third-order valence-corrected chi connectivity index (χ3v) is 6.31. The van der Waals surface area contributed by atoms with Crippen LogP contribution in [0.4, 0.5) is 5.82 Å². The number of nitrogens with zero attached hydrogens (tertiary/aromatic N) is 4. The molecular weight excluding hydrogens is 480 g/mol. The molecule has 0 unspecified atom stereocenters. The Morgan fingerprint density at radius 1 is 1.14 bits per heavy atom. The van der Waals surface area contributed by atoms with E-state index in [0.717, 1.165) is 17.3 Å². The molecule has 0 saturated carbocycles. The molecule has 4 rings (SSSR count). The zero-order valence-corrected chi connectivity index (χ0v) is 20.0. The van der Waals surface area contributed by atoms with Crippen LogP contribution in [0.15, 0.2) is 62.9 Å². The third-order valence-electron chi connectivity index (χ3n) is 5.34. The van der Waals surface area contributed by atoms with E-state index in [4.69, 9.17) is 15.0 Å². The van der Waals surface area contributed by atoms with E-state index in [9.17, 15) is 20.1 Å². The van der Waals surface area contributed by atoms with Crippen molar-refractivity contribution >= 4 is 23.4 Å². The summed E-state index contributed by atoms with van der Waals surface area (Å²) in [5.41, 5.74) is 7.63. The summed E-state index contributed by atoms with van der Waals surface area (Å²) in [6.45, 7) is 1.92. The number of H-pyrrole nitrogens is 1. The van der Waals surface area contributed by atoms with Gasteiger partial charge in [-0.1, -0.05) is 41.6 Å². The number of rotatable bonds is 7. The minimum absolute atomic E-state index is 0.0588. The van der Waals surface area contributed by atoms with Gasteiger partial charge in [-0.15, -0.1) is 0 Å². The van der Waals surface area contributed by atoms with E-state index in [1.807, 2.05) is 25.1 Å². The van der Waals surface area contributed by atoms with Crippen LogP contribution >= 0.6 is 11.8 Å². The van der Waals surface area contributed by atoms with Crippen molar-refractivity contribution in [1.29, 1.82) is 10.5 Å². The quantitative estimate of drug-likeness (QED) is 0.221. The Labute approximate surface area is 209 Å². The van der Waals surface area contributed by atoms with Crippen LogP contribution in [0.5, 0.6) is 5.75 Å². The Morgan fingerprint density at radius 2 is 1.81 bits per heavy atom. The van der Waals surface area contributed by atoms with Gasteiger partial charge in [0.25, 0.3) is 0 Å². The molecule has 0 spiro atoms. The number of nitrogens with two attached hydrogens (primary N) is 1. The highest BCUT2D eigenvalue weighted by molar-refractivity contribution is 8.00. The molecule has 178 valence electrons. The Kier molecular flexibility index (Phi) is 6.86. The molecule has 0 aliphatic heterocycles. The minimum Gasteiger partial charge on any atom is -0.497 e. The standard InChI is InChI=1S/C25H18N6O4S/c1-14-3-5-15(6-4-14)21-18(11-26)23(28)29-24(19(21)12-27)36-13-20(32)22-25(33)35-30-31(22)16-7-9-17(34-2)10-8-16/h3-10H,13H2,1-2H3,(H2-,28,29,30,32,33)/p+1. The molecule has 0 bridgehead atoms. The number of aromatic nitrogens is 3. The number of aromatic amines is 1. The number of methoxy groups -OCH3 is 1. The van der Waals surface area contributed by atoms with E-state index in [0.29, 0.717) is 22.6 Å². The highest BCUT2D eigenvalue weighted by atomic mass is 32.2. The van der Waals surface area contributed by atoms with Crippen molar-refractivity contribution in [2.75, 3.05) is 18.6 Å². The normalized spacial score (nSPS) is 10.4. The Morgan fingerprint density at radius 3 is 2.42 bits per heavy atom. The molecule has 10 nitrogen and oxygen atoms in total. The number of ether oxygens (including phenoxy) is 1. The van der Waals surface area contributed by atoms with Crippen molar-refractivity contribution in [3.05, 3.63) is 81.3 Å². The maximum Gasteiger partial charge on any atom is 0.438 e. The molecule has 0 amide bonds. The summed E-state index contributed by atoms with van der Waals surface area (Å²) in [5.74, 6) is -0.251.